The molecule has 1 N–H and O–H groups in total. The molecule has 8 nitrogen and oxygen atoms in total. The van der Waals surface area contributed by atoms with Crippen molar-refractivity contribution in [1.29, 1.82) is 0 Å². The number of aromatic amines is 1. The Hall–Kier alpha value is -3.68. The fourth-order valence-electron chi connectivity index (χ4n) is 5.26. The number of benzene rings is 2. The fourth-order valence-corrected chi connectivity index (χ4v) is 5.26. The molecule has 0 amide bonds. The molecule has 1 fully saturated rings. The molecule has 1 unspecified atom stereocenters. The van der Waals surface area contributed by atoms with Gasteiger partial charge in [0.25, 0.3) is 0 Å². The number of H-pyrrole nitrogens is 1. The molecule has 2 aromatic carbocycles. The number of aromatic nitrogens is 4. The van der Waals surface area contributed by atoms with Crippen LogP contribution in [0.15, 0.2) is 65.4 Å². The first kappa shape index (κ1) is 22.8. The molecule has 3 aliphatic rings. The molecule has 1 atom stereocenters. The van der Waals surface area contributed by atoms with E-state index < -0.39 is 0 Å². The molecule has 0 radical (unpaired) electrons. The minimum Gasteiger partial charge on any atom is -0.358 e. The van der Waals surface area contributed by atoms with Crippen LogP contribution in [0, 0.1) is 5.92 Å². The normalized spacial score (nSPS) is 19.4. The maximum atomic E-state index is 5.26. The lowest BCUT2D eigenvalue weighted by Crippen LogP contribution is -2.46. The van der Waals surface area contributed by atoms with Gasteiger partial charge in [-0.15, -0.1) is 5.10 Å². The van der Waals surface area contributed by atoms with Gasteiger partial charge >= 0.3 is 0 Å². The third kappa shape index (κ3) is 4.47. The number of nitrogens with zero attached hydrogens (tertiary/aromatic N) is 7. The van der Waals surface area contributed by atoms with Gasteiger partial charge in [-0.2, -0.15) is 0 Å². The molecule has 2 aliphatic heterocycles. The van der Waals surface area contributed by atoms with E-state index in [1.807, 2.05) is 12.1 Å². The highest BCUT2D eigenvalue weighted by atomic mass is 15.5. The quantitative estimate of drug-likeness (QED) is 0.476. The van der Waals surface area contributed by atoms with Crippen LogP contribution in [0.25, 0.3) is 22.5 Å². The number of amidine groups is 1. The highest BCUT2D eigenvalue weighted by Crippen LogP contribution is 2.36. The second-order valence-electron chi connectivity index (χ2n) is 10.1. The van der Waals surface area contributed by atoms with Crippen LogP contribution in [-0.2, 0) is 6.54 Å². The predicted octanol–water partition coefficient (Wildman–Crippen LogP) is 4.72. The first-order valence-corrected chi connectivity index (χ1v) is 13.2. The van der Waals surface area contributed by atoms with Crippen molar-refractivity contribution in [3.8, 4) is 22.5 Å². The van der Waals surface area contributed by atoms with E-state index in [4.69, 9.17) is 4.99 Å². The monoisotopic (exact) mass is 482 g/mol. The Morgan fingerprint density at radius 1 is 1.00 bits per heavy atom. The van der Waals surface area contributed by atoms with Crippen LogP contribution in [0.5, 0.6) is 0 Å². The topological polar surface area (TPSA) is 76.5 Å². The minimum absolute atomic E-state index is 0.203. The van der Waals surface area contributed by atoms with Crippen molar-refractivity contribution in [2.75, 3.05) is 19.8 Å². The second kappa shape index (κ2) is 9.76. The van der Waals surface area contributed by atoms with Crippen molar-refractivity contribution in [3.63, 3.8) is 0 Å². The number of fused-ring (bicyclic) bond motifs is 1. The van der Waals surface area contributed by atoms with E-state index in [2.05, 4.69) is 91.8 Å². The minimum atomic E-state index is 0.203. The zero-order valence-electron chi connectivity index (χ0n) is 21.1. The Balaban J connectivity index is 1.26. The molecule has 3 heterocycles. The van der Waals surface area contributed by atoms with Crippen LogP contribution < -0.4 is 0 Å². The van der Waals surface area contributed by atoms with Gasteiger partial charge in [0.15, 0.2) is 11.7 Å². The SMILES string of the molecule is CCCC1N=C2C(=CN(CC)CN2CC2CC2)N1Cc1ccc(-c2ccccc2-c2nnn[nH]2)cc1. The van der Waals surface area contributed by atoms with Crippen molar-refractivity contribution >= 4 is 5.84 Å². The number of nitrogens with one attached hydrogen (secondary N) is 1. The lowest BCUT2D eigenvalue weighted by atomic mass is 9.98. The largest absolute Gasteiger partial charge is 0.358 e. The van der Waals surface area contributed by atoms with E-state index >= 15 is 0 Å². The lowest BCUT2D eigenvalue weighted by molar-refractivity contribution is 0.216. The van der Waals surface area contributed by atoms with Gasteiger partial charge in [0, 0.05) is 31.4 Å². The molecule has 1 aromatic heterocycles. The molecule has 0 spiro atoms. The van der Waals surface area contributed by atoms with Crippen LogP contribution in [0.4, 0.5) is 0 Å². The molecule has 1 saturated carbocycles. The van der Waals surface area contributed by atoms with E-state index in [0.29, 0.717) is 5.82 Å². The maximum absolute atomic E-state index is 5.26. The lowest BCUT2D eigenvalue weighted by Gasteiger charge is -2.38. The molecule has 0 bridgehead atoms. The fraction of sp³-hybridized carbons (Fsp3) is 0.429. The molecule has 8 heteroatoms. The summed E-state index contributed by atoms with van der Waals surface area (Å²) >= 11 is 0. The van der Waals surface area contributed by atoms with E-state index in [-0.39, 0.29) is 6.17 Å². The number of tetrazole rings is 1. The first-order chi connectivity index (χ1) is 17.7. The Bertz CT molecular complexity index is 1240. The van der Waals surface area contributed by atoms with Gasteiger partial charge in [0.2, 0.25) is 0 Å². The van der Waals surface area contributed by atoms with Gasteiger partial charge < -0.3 is 14.7 Å². The van der Waals surface area contributed by atoms with Gasteiger partial charge in [-0.05, 0) is 59.2 Å². The highest BCUT2D eigenvalue weighted by Gasteiger charge is 2.38. The summed E-state index contributed by atoms with van der Waals surface area (Å²) in [5.41, 5.74) is 5.84. The van der Waals surface area contributed by atoms with Crippen LogP contribution in [0.3, 0.4) is 0 Å². The van der Waals surface area contributed by atoms with Crippen molar-refractivity contribution in [2.24, 2.45) is 10.9 Å². The summed E-state index contributed by atoms with van der Waals surface area (Å²) in [5.74, 6) is 2.73. The first-order valence-electron chi connectivity index (χ1n) is 13.2. The third-order valence-electron chi connectivity index (χ3n) is 7.40. The Morgan fingerprint density at radius 3 is 2.50 bits per heavy atom. The van der Waals surface area contributed by atoms with Crippen LogP contribution in [0.1, 0.15) is 45.1 Å². The molecule has 186 valence electrons. The van der Waals surface area contributed by atoms with Gasteiger partial charge in [0.05, 0.1) is 12.4 Å². The van der Waals surface area contributed by atoms with Crippen LogP contribution >= 0.6 is 0 Å². The van der Waals surface area contributed by atoms with E-state index in [1.165, 1.54) is 29.9 Å². The highest BCUT2D eigenvalue weighted by molar-refractivity contribution is 6.00. The Labute approximate surface area is 212 Å². The molecular weight excluding hydrogens is 448 g/mol. The molecule has 0 saturated heterocycles. The van der Waals surface area contributed by atoms with Gasteiger partial charge in [-0.25, -0.2) is 10.1 Å². The number of rotatable bonds is 9. The van der Waals surface area contributed by atoms with Crippen molar-refractivity contribution in [1.82, 2.24) is 35.3 Å². The summed E-state index contributed by atoms with van der Waals surface area (Å²) in [7, 11) is 0. The van der Waals surface area contributed by atoms with Crippen molar-refractivity contribution < 1.29 is 0 Å². The summed E-state index contributed by atoms with van der Waals surface area (Å²) in [6, 6.07) is 17.1. The Kier molecular flexibility index (Phi) is 6.17. The number of aliphatic imine (C=N–C) groups is 1. The summed E-state index contributed by atoms with van der Waals surface area (Å²) in [6.07, 6.45) is 7.46. The summed E-state index contributed by atoms with van der Waals surface area (Å²) < 4.78 is 0. The van der Waals surface area contributed by atoms with E-state index in [0.717, 1.165) is 61.8 Å². The summed E-state index contributed by atoms with van der Waals surface area (Å²) in [4.78, 5) is 12.7. The van der Waals surface area contributed by atoms with E-state index in [1.54, 1.807) is 0 Å². The molecule has 1 aliphatic carbocycles. The predicted molar refractivity (Wildman–Crippen MR) is 141 cm³/mol. The van der Waals surface area contributed by atoms with Gasteiger partial charge in [0.1, 0.15) is 6.17 Å². The number of hydrogen-bond acceptors (Lipinski definition) is 7. The third-order valence-corrected chi connectivity index (χ3v) is 7.40. The molecular formula is C28H34N8. The summed E-state index contributed by atoms with van der Waals surface area (Å²) in [6.45, 7) is 8.45. The zero-order chi connectivity index (χ0) is 24.5. The summed E-state index contributed by atoms with van der Waals surface area (Å²) in [5, 5.41) is 14.5. The average Bonchev–Trinajstić information content (AvgIpc) is 3.43. The molecule has 3 aromatic rings. The zero-order valence-corrected chi connectivity index (χ0v) is 21.1. The second-order valence-corrected chi connectivity index (χ2v) is 10.1. The molecule has 6 rings (SSSR count). The van der Waals surface area contributed by atoms with Gasteiger partial charge in [-0.3, -0.25) is 0 Å². The van der Waals surface area contributed by atoms with E-state index in [9.17, 15) is 0 Å². The number of hydrogen-bond donors (Lipinski definition) is 1. The van der Waals surface area contributed by atoms with Gasteiger partial charge in [-0.1, -0.05) is 61.9 Å². The average molecular weight is 483 g/mol. The van der Waals surface area contributed by atoms with Crippen molar-refractivity contribution in [3.05, 3.63) is 66.0 Å². The smallest absolute Gasteiger partial charge is 0.180 e. The Morgan fingerprint density at radius 2 is 1.81 bits per heavy atom. The maximum Gasteiger partial charge on any atom is 0.180 e. The van der Waals surface area contributed by atoms with Crippen LogP contribution in [-0.4, -0.2) is 67.1 Å². The standard InChI is InChI=1S/C28H34N8/c1-3-7-26-29-28-25(18-34(4-2)19-35(28)16-20-10-11-20)36(26)17-21-12-14-22(15-13-21)23-8-5-6-9-24(23)27-30-32-33-31-27/h5-6,8-9,12-15,18,20,26H,3-4,7,10-11,16-17,19H2,1-2H3,(H,30,31,32,33). The van der Waals surface area contributed by atoms with Crippen molar-refractivity contribution in [2.45, 2.75) is 52.2 Å². The molecule has 36 heavy (non-hydrogen) atoms. The van der Waals surface area contributed by atoms with Crippen LogP contribution in [0.2, 0.25) is 0 Å².